The van der Waals surface area contributed by atoms with Gasteiger partial charge in [0.2, 0.25) is 0 Å². The molecule has 3 rings (SSSR count). The summed E-state index contributed by atoms with van der Waals surface area (Å²) in [5.74, 6) is 1.19. The standard InChI is InChI=1S/C12H16N2S/c1-2-4-12-10(3-1)9-13-7-8-15(12)14-11-5-6-11/h1-4,11,13H,5-9H2. The van der Waals surface area contributed by atoms with Crippen molar-refractivity contribution in [3.05, 3.63) is 29.8 Å². The van der Waals surface area contributed by atoms with E-state index in [0.29, 0.717) is 6.04 Å². The van der Waals surface area contributed by atoms with Gasteiger partial charge in [-0.1, -0.05) is 28.9 Å². The third-order valence-electron chi connectivity index (χ3n) is 2.84. The maximum atomic E-state index is 4.94. The summed E-state index contributed by atoms with van der Waals surface area (Å²) in [6.45, 7) is 2.12. The molecular weight excluding hydrogens is 204 g/mol. The van der Waals surface area contributed by atoms with Crippen molar-refractivity contribution in [1.82, 2.24) is 5.32 Å². The number of benzene rings is 1. The normalized spacial score (nSPS) is 26.0. The number of rotatable bonds is 1. The second kappa shape index (κ2) is 4.06. The first kappa shape index (κ1) is 9.55. The summed E-state index contributed by atoms with van der Waals surface area (Å²) in [6.07, 6.45) is 2.64. The fourth-order valence-corrected chi connectivity index (χ4v) is 3.88. The van der Waals surface area contributed by atoms with E-state index in [1.165, 1.54) is 29.1 Å². The highest BCUT2D eigenvalue weighted by Gasteiger charge is 2.22. The Morgan fingerprint density at radius 2 is 2.13 bits per heavy atom. The molecule has 0 spiro atoms. The molecule has 0 aromatic heterocycles. The Bertz CT molecular complexity index is 396. The van der Waals surface area contributed by atoms with E-state index in [4.69, 9.17) is 4.36 Å². The topological polar surface area (TPSA) is 24.4 Å². The number of fused-ring (bicyclic) bond motifs is 1. The summed E-state index contributed by atoms with van der Waals surface area (Å²) < 4.78 is 4.94. The van der Waals surface area contributed by atoms with Gasteiger partial charge in [0.05, 0.1) is 6.04 Å². The van der Waals surface area contributed by atoms with Crippen LogP contribution in [0.1, 0.15) is 18.4 Å². The van der Waals surface area contributed by atoms with Gasteiger partial charge in [0.25, 0.3) is 0 Å². The molecule has 1 fully saturated rings. The first-order valence-corrected chi connectivity index (χ1v) is 6.99. The van der Waals surface area contributed by atoms with Crippen LogP contribution in [0.15, 0.2) is 33.5 Å². The predicted octanol–water partition coefficient (Wildman–Crippen LogP) is 2.11. The van der Waals surface area contributed by atoms with Gasteiger partial charge in [0.15, 0.2) is 0 Å². The first-order chi connectivity index (χ1) is 7.43. The molecule has 0 amide bonds. The Hall–Kier alpha value is -0.670. The van der Waals surface area contributed by atoms with Crippen molar-refractivity contribution in [2.24, 2.45) is 4.36 Å². The molecule has 1 aliphatic heterocycles. The maximum absolute atomic E-state index is 4.94. The molecule has 0 radical (unpaired) electrons. The Labute approximate surface area is 93.2 Å². The van der Waals surface area contributed by atoms with Crippen LogP contribution in [-0.2, 0) is 17.2 Å². The lowest BCUT2D eigenvalue weighted by atomic mass is 10.2. The van der Waals surface area contributed by atoms with Gasteiger partial charge in [0.1, 0.15) is 0 Å². The van der Waals surface area contributed by atoms with Crippen LogP contribution in [0.25, 0.3) is 0 Å². The van der Waals surface area contributed by atoms with Crippen molar-refractivity contribution < 1.29 is 0 Å². The molecule has 1 aromatic carbocycles. The zero-order valence-corrected chi connectivity index (χ0v) is 9.59. The summed E-state index contributed by atoms with van der Waals surface area (Å²) in [7, 11) is 0.158. The number of hydrogen-bond acceptors (Lipinski definition) is 2. The molecular formula is C12H16N2S. The highest BCUT2D eigenvalue weighted by Crippen LogP contribution is 2.27. The van der Waals surface area contributed by atoms with E-state index in [-0.39, 0.29) is 10.7 Å². The Kier molecular flexibility index (Phi) is 2.59. The van der Waals surface area contributed by atoms with E-state index in [2.05, 4.69) is 29.6 Å². The van der Waals surface area contributed by atoms with Crippen molar-refractivity contribution in [3.8, 4) is 0 Å². The van der Waals surface area contributed by atoms with E-state index in [1.807, 2.05) is 0 Å². The van der Waals surface area contributed by atoms with Crippen LogP contribution in [0.5, 0.6) is 0 Å². The molecule has 1 aromatic rings. The van der Waals surface area contributed by atoms with E-state index >= 15 is 0 Å². The lowest BCUT2D eigenvalue weighted by Gasteiger charge is -2.07. The Morgan fingerprint density at radius 3 is 3.00 bits per heavy atom. The zero-order chi connectivity index (χ0) is 10.1. The summed E-state index contributed by atoms with van der Waals surface area (Å²) in [4.78, 5) is 1.48. The Balaban J connectivity index is 2.01. The predicted molar refractivity (Wildman–Crippen MR) is 64.1 cm³/mol. The molecule has 1 heterocycles. The Morgan fingerprint density at radius 1 is 1.27 bits per heavy atom. The molecule has 1 N–H and O–H groups in total. The largest absolute Gasteiger partial charge is 0.312 e. The third kappa shape index (κ3) is 2.13. The van der Waals surface area contributed by atoms with Gasteiger partial charge in [-0.25, -0.2) is 0 Å². The molecule has 0 bridgehead atoms. The van der Waals surface area contributed by atoms with Gasteiger partial charge in [-0.2, -0.15) is 0 Å². The molecule has 1 aliphatic carbocycles. The molecule has 1 saturated carbocycles. The van der Waals surface area contributed by atoms with Crippen molar-refractivity contribution in [3.63, 3.8) is 0 Å². The molecule has 0 saturated heterocycles. The van der Waals surface area contributed by atoms with Crippen molar-refractivity contribution in [1.29, 1.82) is 0 Å². The van der Waals surface area contributed by atoms with Gasteiger partial charge < -0.3 is 5.32 Å². The van der Waals surface area contributed by atoms with Crippen LogP contribution in [0.3, 0.4) is 0 Å². The fraction of sp³-hybridized carbons (Fsp3) is 0.500. The molecule has 2 nitrogen and oxygen atoms in total. The van der Waals surface area contributed by atoms with Crippen LogP contribution in [0.2, 0.25) is 0 Å². The van der Waals surface area contributed by atoms with Gasteiger partial charge in [-0.05, 0) is 24.5 Å². The second-order valence-corrected chi connectivity index (χ2v) is 5.98. The fourth-order valence-electron chi connectivity index (χ4n) is 1.85. The monoisotopic (exact) mass is 220 g/mol. The minimum atomic E-state index is 0.158. The summed E-state index contributed by atoms with van der Waals surface area (Å²) in [5, 5.41) is 3.47. The summed E-state index contributed by atoms with van der Waals surface area (Å²) >= 11 is 0. The van der Waals surface area contributed by atoms with Crippen molar-refractivity contribution >= 4 is 10.7 Å². The minimum absolute atomic E-state index is 0.158. The van der Waals surface area contributed by atoms with E-state index in [9.17, 15) is 0 Å². The molecule has 1 unspecified atom stereocenters. The second-order valence-electron chi connectivity index (χ2n) is 4.19. The average molecular weight is 220 g/mol. The summed E-state index contributed by atoms with van der Waals surface area (Å²) in [5.41, 5.74) is 1.45. The maximum Gasteiger partial charge on any atom is 0.0573 e. The van der Waals surface area contributed by atoms with Gasteiger partial charge in [-0.3, -0.25) is 4.36 Å². The smallest absolute Gasteiger partial charge is 0.0573 e. The van der Waals surface area contributed by atoms with Crippen LogP contribution >= 0.6 is 0 Å². The average Bonchev–Trinajstić information content (AvgIpc) is 3.07. The quantitative estimate of drug-likeness (QED) is 0.770. The number of nitrogens with zero attached hydrogens (tertiary/aromatic N) is 1. The molecule has 15 heavy (non-hydrogen) atoms. The number of nitrogens with one attached hydrogen (secondary N) is 1. The highest BCUT2D eigenvalue weighted by atomic mass is 32.2. The first-order valence-electron chi connectivity index (χ1n) is 5.64. The lowest BCUT2D eigenvalue weighted by molar-refractivity contribution is 0.732. The van der Waals surface area contributed by atoms with Gasteiger partial charge in [0, 0.05) is 23.7 Å². The van der Waals surface area contributed by atoms with E-state index in [0.717, 1.165) is 13.1 Å². The van der Waals surface area contributed by atoms with Crippen LogP contribution in [0.4, 0.5) is 0 Å². The lowest BCUT2D eigenvalue weighted by Crippen LogP contribution is -2.15. The molecule has 80 valence electrons. The van der Waals surface area contributed by atoms with Crippen molar-refractivity contribution in [2.75, 3.05) is 12.3 Å². The summed E-state index contributed by atoms with van der Waals surface area (Å²) in [6, 6.07) is 9.45. The number of hydrogen-bond donors (Lipinski definition) is 1. The molecule has 3 heteroatoms. The SMILES string of the molecule is c1ccc2c(c1)CNCCS2=NC1CC1. The van der Waals surface area contributed by atoms with Gasteiger partial charge in [-0.15, -0.1) is 0 Å². The highest BCUT2D eigenvalue weighted by molar-refractivity contribution is 7.87. The van der Waals surface area contributed by atoms with Gasteiger partial charge >= 0.3 is 0 Å². The third-order valence-corrected chi connectivity index (χ3v) is 4.89. The van der Waals surface area contributed by atoms with Crippen molar-refractivity contribution in [2.45, 2.75) is 30.3 Å². The van der Waals surface area contributed by atoms with Crippen LogP contribution in [0, 0.1) is 0 Å². The minimum Gasteiger partial charge on any atom is -0.312 e. The molecule has 1 atom stereocenters. The zero-order valence-electron chi connectivity index (χ0n) is 8.78. The molecule has 2 aliphatic rings. The van der Waals surface area contributed by atoms with Crippen LogP contribution < -0.4 is 5.32 Å². The van der Waals surface area contributed by atoms with Crippen LogP contribution in [-0.4, -0.2) is 18.3 Å². The van der Waals surface area contributed by atoms with E-state index < -0.39 is 0 Å². The van der Waals surface area contributed by atoms with E-state index in [1.54, 1.807) is 0 Å².